The fourth-order valence-electron chi connectivity index (χ4n) is 2.87. The average Bonchev–Trinajstić information content (AvgIpc) is 2.61. The highest BCUT2D eigenvalue weighted by atomic mass is 32.2. The van der Waals surface area contributed by atoms with Gasteiger partial charge in [-0.25, -0.2) is 13.4 Å². The highest BCUT2D eigenvalue weighted by molar-refractivity contribution is 7.92. The minimum Gasteiger partial charge on any atom is -0.358 e. The van der Waals surface area contributed by atoms with Crippen molar-refractivity contribution in [2.24, 2.45) is 0 Å². The van der Waals surface area contributed by atoms with Crippen molar-refractivity contribution in [3.8, 4) is 0 Å². The number of likely N-dealkylation sites (tertiary alicyclic amines) is 1. The van der Waals surface area contributed by atoms with Crippen LogP contribution in [-0.2, 0) is 26.0 Å². The van der Waals surface area contributed by atoms with E-state index in [9.17, 15) is 22.8 Å². The lowest BCUT2D eigenvalue weighted by molar-refractivity contribution is -0.132. The number of amides is 2. The van der Waals surface area contributed by atoms with Crippen LogP contribution in [0.2, 0.25) is 0 Å². The monoisotopic (exact) mass is 384 g/mol. The summed E-state index contributed by atoms with van der Waals surface area (Å²) >= 11 is 0. The maximum Gasteiger partial charge on any atom is 0.256 e. The van der Waals surface area contributed by atoms with E-state index in [1.165, 1.54) is 17.9 Å². The normalized spacial score (nSPS) is 15.7. The van der Waals surface area contributed by atoms with E-state index in [-0.39, 0.29) is 43.9 Å². The number of carbonyl (C=O) groups excluding carboxylic acids is 2. The predicted molar refractivity (Wildman–Crippen MR) is 95.4 cm³/mol. The molecule has 0 saturated carbocycles. The van der Waals surface area contributed by atoms with Gasteiger partial charge in [0.2, 0.25) is 11.8 Å². The first-order chi connectivity index (χ1) is 12.2. The van der Waals surface area contributed by atoms with Gasteiger partial charge in [0.05, 0.1) is 11.6 Å². The van der Waals surface area contributed by atoms with Crippen LogP contribution in [-0.4, -0.2) is 65.8 Å². The molecule has 10 heteroatoms. The van der Waals surface area contributed by atoms with Gasteiger partial charge in [-0.15, -0.1) is 0 Å². The Labute approximate surface area is 152 Å². The number of nitrogens with zero attached hydrogens (tertiary/aromatic N) is 3. The molecule has 1 saturated heterocycles. The largest absolute Gasteiger partial charge is 0.358 e. The molecule has 1 N–H and O–H groups in total. The third kappa shape index (κ3) is 4.48. The van der Waals surface area contributed by atoms with E-state index in [0.717, 1.165) is 0 Å². The first kappa shape index (κ1) is 20.1. The van der Waals surface area contributed by atoms with Crippen LogP contribution in [0.25, 0.3) is 0 Å². The summed E-state index contributed by atoms with van der Waals surface area (Å²) in [5.74, 6) is -1.32. The molecule has 1 aliphatic rings. The Morgan fingerprint density at radius 3 is 2.46 bits per heavy atom. The molecule has 0 aromatic carbocycles. The van der Waals surface area contributed by atoms with E-state index < -0.39 is 26.7 Å². The van der Waals surface area contributed by atoms with Crippen LogP contribution in [0.15, 0.2) is 11.1 Å². The standard InChI is InChI=1S/C16H24N4O5S/c1-11-12(2)18-10-20(16(11)23)8-15(22)19-6-4-13(5-7-19)26(24,25)9-14(21)17-3/h10,13H,4-9H2,1-3H3,(H,17,21). The van der Waals surface area contributed by atoms with E-state index in [4.69, 9.17) is 0 Å². The second kappa shape index (κ2) is 7.98. The van der Waals surface area contributed by atoms with E-state index in [1.807, 2.05) is 0 Å². The molecule has 144 valence electrons. The molecule has 0 bridgehead atoms. The van der Waals surface area contributed by atoms with E-state index >= 15 is 0 Å². The molecule has 1 aromatic rings. The van der Waals surface area contributed by atoms with E-state index in [1.54, 1.807) is 18.7 Å². The van der Waals surface area contributed by atoms with Crippen LogP contribution in [0.4, 0.5) is 0 Å². The predicted octanol–water partition coefficient (Wildman–Crippen LogP) is -0.988. The number of aryl methyl sites for hydroxylation is 1. The zero-order chi connectivity index (χ0) is 19.5. The van der Waals surface area contributed by atoms with Crippen molar-refractivity contribution in [1.29, 1.82) is 0 Å². The first-order valence-electron chi connectivity index (χ1n) is 8.38. The molecule has 2 heterocycles. The lowest BCUT2D eigenvalue weighted by Crippen LogP contribution is -2.46. The van der Waals surface area contributed by atoms with Gasteiger partial charge in [-0.05, 0) is 26.7 Å². The van der Waals surface area contributed by atoms with Gasteiger partial charge in [0.25, 0.3) is 5.56 Å². The summed E-state index contributed by atoms with van der Waals surface area (Å²) in [6.45, 7) is 3.83. The van der Waals surface area contributed by atoms with Crippen LogP contribution in [0.3, 0.4) is 0 Å². The molecule has 1 aromatic heterocycles. The molecule has 26 heavy (non-hydrogen) atoms. The Hall–Kier alpha value is -2.23. The van der Waals surface area contributed by atoms with Crippen LogP contribution in [0, 0.1) is 13.8 Å². The third-order valence-corrected chi connectivity index (χ3v) is 6.89. The van der Waals surface area contributed by atoms with Crippen LogP contribution >= 0.6 is 0 Å². The molecule has 1 fully saturated rings. The maximum absolute atomic E-state index is 12.4. The van der Waals surface area contributed by atoms with Gasteiger partial charge >= 0.3 is 0 Å². The Morgan fingerprint density at radius 1 is 1.27 bits per heavy atom. The van der Waals surface area contributed by atoms with Gasteiger partial charge in [0.15, 0.2) is 9.84 Å². The molecular formula is C16H24N4O5S. The lowest BCUT2D eigenvalue weighted by Gasteiger charge is -2.31. The highest BCUT2D eigenvalue weighted by Crippen LogP contribution is 2.19. The third-order valence-electron chi connectivity index (χ3n) is 4.73. The number of nitrogens with one attached hydrogen (secondary N) is 1. The van der Waals surface area contributed by atoms with Crippen molar-refractivity contribution in [2.75, 3.05) is 25.9 Å². The summed E-state index contributed by atoms with van der Waals surface area (Å²) < 4.78 is 25.7. The van der Waals surface area contributed by atoms with E-state index in [2.05, 4.69) is 10.3 Å². The summed E-state index contributed by atoms with van der Waals surface area (Å²) in [5.41, 5.74) is 0.869. The minimum absolute atomic E-state index is 0.122. The number of rotatable bonds is 5. The Kier molecular flexibility index (Phi) is 6.17. The van der Waals surface area contributed by atoms with Crippen molar-refractivity contribution in [2.45, 2.75) is 38.5 Å². The molecule has 0 unspecified atom stereocenters. The molecule has 1 aliphatic heterocycles. The van der Waals surface area contributed by atoms with Crippen LogP contribution in [0.5, 0.6) is 0 Å². The van der Waals surface area contributed by atoms with Crippen LogP contribution in [0.1, 0.15) is 24.1 Å². The van der Waals surface area contributed by atoms with Crippen LogP contribution < -0.4 is 10.9 Å². The fraction of sp³-hybridized carbons (Fsp3) is 0.625. The second-order valence-corrected chi connectivity index (χ2v) is 8.73. The zero-order valence-corrected chi connectivity index (χ0v) is 16.0. The summed E-state index contributed by atoms with van der Waals surface area (Å²) in [5, 5.41) is 1.68. The Bertz CT molecular complexity index is 854. The number of hydrogen-bond acceptors (Lipinski definition) is 6. The molecule has 2 rings (SSSR count). The maximum atomic E-state index is 12.4. The summed E-state index contributed by atoms with van der Waals surface area (Å²) in [4.78, 5) is 41.6. The molecule has 0 radical (unpaired) electrons. The Balaban J connectivity index is 1.98. The zero-order valence-electron chi connectivity index (χ0n) is 15.2. The second-order valence-electron chi connectivity index (χ2n) is 6.45. The molecule has 2 amide bonds. The molecular weight excluding hydrogens is 360 g/mol. The van der Waals surface area contributed by atoms with Gasteiger partial charge in [-0.3, -0.25) is 19.0 Å². The van der Waals surface area contributed by atoms with Crippen molar-refractivity contribution in [1.82, 2.24) is 19.8 Å². The van der Waals surface area contributed by atoms with Gasteiger partial charge in [-0.1, -0.05) is 0 Å². The Morgan fingerprint density at radius 2 is 1.88 bits per heavy atom. The van der Waals surface area contributed by atoms with Gasteiger partial charge in [0, 0.05) is 31.4 Å². The van der Waals surface area contributed by atoms with Gasteiger partial charge < -0.3 is 10.2 Å². The minimum atomic E-state index is -3.54. The molecule has 0 atom stereocenters. The molecule has 0 spiro atoms. The van der Waals surface area contributed by atoms with Gasteiger partial charge in [-0.2, -0.15) is 0 Å². The number of sulfone groups is 1. The quantitative estimate of drug-likeness (QED) is 0.696. The molecule has 0 aliphatic carbocycles. The van der Waals surface area contributed by atoms with Crippen molar-refractivity contribution in [3.05, 3.63) is 27.9 Å². The number of hydrogen-bond donors (Lipinski definition) is 1. The average molecular weight is 384 g/mol. The van der Waals surface area contributed by atoms with Gasteiger partial charge in [0.1, 0.15) is 12.3 Å². The SMILES string of the molecule is CNC(=O)CS(=O)(=O)C1CCN(C(=O)Cn2cnc(C)c(C)c2=O)CC1. The number of piperidine rings is 1. The summed E-state index contributed by atoms with van der Waals surface area (Å²) in [7, 11) is -2.14. The fourth-order valence-corrected chi connectivity index (χ4v) is 4.55. The van der Waals surface area contributed by atoms with Crippen molar-refractivity contribution >= 4 is 21.7 Å². The lowest BCUT2D eigenvalue weighted by atomic mass is 10.1. The van der Waals surface area contributed by atoms with E-state index in [0.29, 0.717) is 11.3 Å². The summed E-state index contributed by atoms with van der Waals surface area (Å²) in [6.07, 6.45) is 1.92. The van der Waals surface area contributed by atoms with Crippen molar-refractivity contribution < 1.29 is 18.0 Å². The van der Waals surface area contributed by atoms with Crippen molar-refractivity contribution in [3.63, 3.8) is 0 Å². The number of aromatic nitrogens is 2. The first-order valence-corrected chi connectivity index (χ1v) is 10.1. The molecule has 9 nitrogen and oxygen atoms in total. The smallest absolute Gasteiger partial charge is 0.256 e. The highest BCUT2D eigenvalue weighted by Gasteiger charge is 2.32. The topological polar surface area (TPSA) is 118 Å². The summed E-state index contributed by atoms with van der Waals surface area (Å²) in [6, 6.07) is 0. The number of carbonyl (C=O) groups is 2.